The van der Waals surface area contributed by atoms with Crippen molar-refractivity contribution in [1.82, 2.24) is 0 Å². The second kappa shape index (κ2) is 11.4. The molecule has 0 bridgehead atoms. The van der Waals surface area contributed by atoms with Gasteiger partial charge in [0.2, 0.25) is 0 Å². The molecule has 0 saturated carbocycles. The average Bonchev–Trinajstić information content (AvgIpc) is 2.80. The van der Waals surface area contributed by atoms with Gasteiger partial charge in [-0.2, -0.15) is 0 Å². The molecule has 0 aromatic heterocycles. The van der Waals surface area contributed by atoms with Gasteiger partial charge < -0.3 is 15.4 Å². The third kappa shape index (κ3) is 6.41. The van der Waals surface area contributed by atoms with Crippen LogP contribution >= 0.6 is 34.8 Å². The minimum absolute atomic E-state index is 0.150. The van der Waals surface area contributed by atoms with Crippen molar-refractivity contribution >= 4 is 58.0 Å². The van der Waals surface area contributed by atoms with Gasteiger partial charge in [0, 0.05) is 16.3 Å². The molecule has 3 aromatic carbocycles. The van der Waals surface area contributed by atoms with Crippen molar-refractivity contribution in [3.05, 3.63) is 86.4 Å². The van der Waals surface area contributed by atoms with E-state index in [1.165, 1.54) is 12.1 Å². The van der Waals surface area contributed by atoms with Crippen LogP contribution in [-0.2, 0) is 17.6 Å². The number of hydrogen-bond acceptors (Lipinski definition) is 3. The second-order valence-corrected chi connectivity index (χ2v) is 8.47. The van der Waals surface area contributed by atoms with Crippen LogP contribution in [0.15, 0.2) is 54.6 Å². The Labute approximate surface area is 208 Å². The summed E-state index contributed by atoms with van der Waals surface area (Å²) in [5.41, 5.74) is 3.67. The maximum absolute atomic E-state index is 12.5. The highest BCUT2D eigenvalue weighted by Gasteiger charge is 2.14. The monoisotopic (exact) mass is 504 g/mol. The molecular formula is C25H23Cl3N2O3. The Bertz CT molecular complexity index is 1120. The van der Waals surface area contributed by atoms with Gasteiger partial charge in [0.1, 0.15) is 5.75 Å². The molecule has 2 N–H and O–H groups in total. The van der Waals surface area contributed by atoms with E-state index < -0.39 is 5.91 Å². The number of amides is 2. The van der Waals surface area contributed by atoms with Crippen molar-refractivity contribution in [3.63, 3.8) is 0 Å². The molecule has 33 heavy (non-hydrogen) atoms. The summed E-state index contributed by atoms with van der Waals surface area (Å²) in [6, 6.07) is 15.4. The zero-order valence-electron chi connectivity index (χ0n) is 18.2. The third-order valence-electron chi connectivity index (χ3n) is 5.00. The predicted octanol–water partition coefficient (Wildman–Crippen LogP) is 7.04. The zero-order chi connectivity index (χ0) is 24.0. The van der Waals surface area contributed by atoms with Gasteiger partial charge in [-0.15, -0.1) is 0 Å². The van der Waals surface area contributed by atoms with E-state index in [1.54, 1.807) is 24.3 Å². The number of anilines is 2. The van der Waals surface area contributed by atoms with Gasteiger partial charge >= 0.3 is 0 Å². The standard InChI is InChI=1S/C25H23Cl3N2O3/c1-3-15-6-5-7-16(4-2)23(15)29-22(31)14-33-19-10-8-17(9-11-19)25(32)30-24-20(27)12-18(26)13-21(24)28/h5-13H,3-4,14H2,1-2H3,(H,29,31)(H,30,32). The Morgan fingerprint density at radius 3 is 1.94 bits per heavy atom. The van der Waals surface area contributed by atoms with Crippen LogP contribution < -0.4 is 15.4 Å². The van der Waals surface area contributed by atoms with Crippen LogP contribution in [0.3, 0.4) is 0 Å². The quantitative estimate of drug-likeness (QED) is 0.345. The molecule has 0 fully saturated rings. The number of aryl methyl sites for hydroxylation is 2. The lowest BCUT2D eigenvalue weighted by atomic mass is 10.0. The molecule has 0 aliphatic heterocycles. The molecule has 5 nitrogen and oxygen atoms in total. The molecule has 3 aromatic rings. The summed E-state index contributed by atoms with van der Waals surface area (Å²) in [5.74, 6) is -0.183. The van der Waals surface area contributed by atoms with Crippen LogP contribution in [0.5, 0.6) is 5.75 Å². The van der Waals surface area contributed by atoms with Crippen molar-refractivity contribution in [2.24, 2.45) is 0 Å². The minimum Gasteiger partial charge on any atom is -0.484 e. The Morgan fingerprint density at radius 1 is 0.818 bits per heavy atom. The number of ether oxygens (including phenoxy) is 1. The van der Waals surface area contributed by atoms with E-state index in [2.05, 4.69) is 10.6 Å². The predicted molar refractivity (Wildman–Crippen MR) is 135 cm³/mol. The largest absolute Gasteiger partial charge is 0.484 e. The van der Waals surface area contributed by atoms with Gasteiger partial charge in [-0.3, -0.25) is 9.59 Å². The Morgan fingerprint density at radius 2 is 1.39 bits per heavy atom. The Hall–Kier alpha value is -2.73. The van der Waals surface area contributed by atoms with Crippen LogP contribution in [0.4, 0.5) is 11.4 Å². The number of carbonyl (C=O) groups is 2. The van der Waals surface area contributed by atoms with E-state index in [1.807, 2.05) is 32.0 Å². The first kappa shape index (κ1) is 24.9. The highest BCUT2D eigenvalue weighted by molar-refractivity contribution is 6.42. The van der Waals surface area contributed by atoms with E-state index in [0.29, 0.717) is 16.3 Å². The maximum Gasteiger partial charge on any atom is 0.262 e. The van der Waals surface area contributed by atoms with Crippen LogP contribution in [0.25, 0.3) is 0 Å². The number of halogens is 3. The van der Waals surface area contributed by atoms with Crippen LogP contribution in [0.1, 0.15) is 35.3 Å². The van der Waals surface area contributed by atoms with Crippen molar-refractivity contribution in [1.29, 1.82) is 0 Å². The molecule has 0 saturated heterocycles. The van der Waals surface area contributed by atoms with Gasteiger partial charge in [0.05, 0.1) is 15.7 Å². The number of nitrogens with one attached hydrogen (secondary N) is 2. The number of rotatable bonds is 8. The highest BCUT2D eigenvalue weighted by Crippen LogP contribution is 2.34. The first-order valence-electron chi connectivity index (χ1n) is 10.4. The summed E-state index contributed by atoms with van der Waals surface area (Å²) in [7, 11) is 0. The normalized spacial score (nSPS) is 10.6. The highest BCUT2D eigenvalue weighted by atomic mass is 35.5. The second-order valence-electron chi connectivity index (χ2n) is 7.22. The molecule has 0 unspecified atom stereocenters. The summed E-state index contributed by atoms with van der Waals surface area (Å²) in [6.07, 6.45) is 1.64. The van der Waals surface area contributed by atoms with Crippen LogP contribution in [0.2, 0.25) is 15.1 Å². The van der Waals surface area contributed by atoms with Gasteiger partial charge in [-0.1, -0.05) is 66.8 Å². The van der Waals surface area contributed by atoms with Crippen LogP contribution in [0, 0.1) is 0 Å². The van der Waals surface area contributed by atoms with Crippen molar-refractivity contribution in [2.75, 3.05) is 17.2 Å². The van der Waals surface area contributed by atoms with Crippen molar-refractivity contribution < 1.29 is 14.3 Å². The van der Waals surface area contributed by atoms with E-state index >= 15 is 0 Å². The smallest absolute Gasteiger partial charge is 0.262 e. The number of hydrogen-bond donors (Lipinski definition) is 2. The van der Waals surface area contributed by atoms with E-state index in [-0.39, 0.29) is 28.2 Å². The molecule has 0 heterocycles. The van der Waals surface area contributed by atoms with Crippen LogP contribution in [-0.4, -0.2) is 18.4 Å². The summed E-state index contributed by atoms with van der Waals surface area (Å²) >= 11 is 18.1. The fourth-order valence-electron chi connectivity index (χ4n) is 3.28. The first-order valence-corrected chi connectivity index (χ1v) is 11.5. The van der Waals surface area contributed by atoms with Gasteiger partial charge in [-0.25, -0.2) is 0 Å². The van der Waals surface area contributed by atoms with Gasteiger partial charge in [0.25, 0.3) is 11.8 Å². The maximum atomic E-state index is 12.5. The molecule has 0 radical (unpaired) electrons. The van der Waals surface area contributed by atoms with Crippen molar-refractivity contribution in [3.8, 4) is 5.75 Å². The molecular weight excluding hydrogens is 483 g/mol. The number of benzene rings is 3. The summed E-state index contributed by atoms with van der Waals surface area (Å²) in [4.78, 5) is 25.0. The molecule has 8 heteroatoms. The molecule has 2 amide bonds. The molecule has 0 spiro atoms. The number of carbonyl (C=O) groups excluding carboxylic acids is 2. The summed E-state index contributed by atoms with van der Waals surface area (Å²) in [6.45, 7) is 3.95. The van der Waals surface area contributed by atoms with Gasteiger partial charge in [0.15, 0.2) is 6.61 Å². The number of para-hydroxylation sites is 1. The van der Waals surface area contributed by atoms with Gasteiger partial charge in [-0.05, 0) is 60.4 Å². The first-order chi connectivity index (χ1) is 15.8. The fraction of sp³-hybridized carbons (Fsp3) is 0.200. The molecule has 0 atom stereocenters. The fourth-order valence-corrected chi connectivity index (χ4v) is 4.19. The molecule has 172 valence electrons. The zero-order valence-corrected chi connectivity index (χ0v) is 20.4. The lowest BCUT2D eigenvalue weighted by molar-refractivity contribution is -0.118. The average molecular weight is 506 g/mol. The lowest BCUT2D eigenvalue weighted by Crippen LogP contribution is -2.21. The minimum atomic E-state index is -0.395. The Kier molecular flexibility index (Phi) is 8.61. The SMILES string of the molecule is CCc1cccc(CC)c1NC(=O)COc1ccc(C(=O)Nc2c(Cl)cc(Cl)cc2Cl)cc1. The molecule has 0 aliphatic rings. The Balaban J connectivity index is 1.60. The molecule has 3 rings (SSSR count). The summed E-state index contributed by atoms with van der Waals surface area (Å²) in [5, 5.41) is 6.48. The summed E-state index contributed by atoms with van der Waals surface area (Å²) < 4.78 is 5.59. The topological polar surface area (TPSA) is 67.4 Å². The third-order valence-corrected chi connectivity index (χ3v) is 5.81. The lowest BCUT2D eigenvalue weighted by Gasteiger charge is -2.15. The molecule has 0 aliphatic carbocycles. The van der Waals surface area contributed by atoms with Crippen molar-refractivity contribution in [2.45, 2.75) is 26.7 Å². The van der Waals surface area contributed by atoms with E-state index in [0.717, 1.165) is 29.7 Å². The van der Waals surface area contributed by atoms with E-state index in [4.69, 9.17) is 39.5 Å². The van der Waals surface area contributed by atoms with E-state index in [9.17, 15) is 9.59 Å².